The predicted molar refractivity (Wildman–Crippen MR) is 113 cm³/mol. The van der Waals surface area contributed by atoms with Gasteiger partial charge in [0.05, 0.1) is 17.8 Å². The molecule has 0 aliphatic heterocycles. The first-order chi connectivity index (χ1) is 14.1. The minimum Gasteiger partial charge on any atom is -0.390 e. The topological polar surface area (TPSA) is 82.7 Å². The van der Waals surface area contributed by atoms with E-state index in [1.807, 2.05) is 19.1 Å². The lowest BCUT2D eigenvalue weighted by atomic mass is 9.95. The highest BCUT2D eigenvalue weighted by Crippen LogP contribution is 2.35. The van der Waals surface area contributed by atoms with Gasteiger partial charge in [-0.1, -0.05) is 38.0 Å². The van der Waals surface area contributed by atoms with E-state index in [-0.39, 0.29) is 12.0 Å². The lowest BCUT2D eigenvalue weighted by Crippen LogP contribution is -2.35. The van der Waals surface area contributed by atoms with Crippen LogP contribution in [0, 0.1) is 5.92 Å². The molecule has 0 unspecified atom stereocenters. The number of anilines is 1. The summed E-state index contributed by atoms with van der Waals surface area (Å²) in [6, 6.07) is 12.4. The molecule has 0 radical (unpaired) electrons. The number of nitrogens with zero attached hydrogens (tertiary/aromatic N) is 3. The first-order valence-electron chi connectivity index (χ1n) is 10.7. The molecule has 2 aliphatic rings. The molecule has 5 rings (SSSR count). The second-order valence-electron chi connectivity index (χ2n) is 8.68. The van der Waals surface area contributed by atoms with E-state index in [4.69, 9.17) is 5.10 Å². The van der Waals surface area contributed by atoms with Crippen molar-refractivity contribution in [2.75, 3.05) is 5.32 Å². The molecule has 2 aliphatic carbocycles. The van der Waals surface area contributed by atoms with Gasteiger partial charge in [-0.15, -0.1) is 0 Å². The molecule has 0 spiro atoms. The summed E-state index contributed by atoms with van der Waals surface area (Å²) in [7, 11) is 0. The van der Waals surface area contributed by atoms with Crippen LogP contribution in [-0.4, -0.2) is 43.1 Å². The van der Waals surface area contributed by atoms with Gasteiger partial charge in [-0.05, 0) is 48.8 Å². The number of benzene rings is 1. The molecule has 2 saturated carbocycles. The fourth-order valence-electron chi connectivity index (χ4n) is 4.94. The first-order valence-corrected chi connectivity index (χ1v) is 10.7. The lowest BCUT2D eigenvalue weighted by Gasteiger charge is -2.19. The zero-order chi connectivity index (χ0) is 20.0. The van der Waals surface area contributed by atoms with E-state index in [0.29, 0.717) is 12.3 Å². The van der Waals surface area contributed by atoms with E-state index >= 15 is 0 Å². The fourth-order valence-corrected chi connectivity index (χ4v) is 4.94. The van der Waals surface area contributed by atoms with Gasteiger partial charge in [0.25, 0.3) is 0 Å². The molecule has 29 heavy (non-hydrogen) atoms. The molecule has 152 valence electrons. The molecular weight excluding hydrogens is 364 g/mol. The van der Waals surface area contributed by atoms with Gasteiger partial charge in [-0.25, -0.2) is 4.98 Å². The molecule has 0 amide bonds. The van der Waals surface area contributed by atoms with E-state index < -0.39 is 12.2 Å². The molecule has 4 atom stereocenters. The van der Waals surface area contributed by atoms with Crippen LogP contribution in [0.1, 0.15) is 50.5 Å². The molecular formula is C23H28N4O2. The maximum atomic E-state index is 10.3. The maximum absolute atomic E-state index is 10.3. The van der Waals surface area contributed by atoms with Crippen LogP contribution in [0.15, 0.2) is 42.6 Å². The van der Waals surface area contributed by atoms with Gasteiger partial charge < -0.3 is 15.5 Å². The van der Waals surface area contributed by atoms with Crippen LogP contribution in [0.2, 0.25) is 0 Å². The van der Waals surface area contributed by atoms with E-state index in [0.717, 1.165) is 22.7 Å². The second-order valence-corrected chi connectivity index (χ2v) is 8.68. The summed E-state index contributed by atoms with van der Waals surface area (Å²) in [5.74, 6) is 1.50. The Hall–Kier alpha value is -2.44. The van der Waals surface area contributed by atoms with Crippen molar-refractivity contribution in [3.63, 3.8) is 0 Å². The van der Waals surface area contributed by atoms with E-state index in [9.17, 15) is 10.2 Å². The third-order valence-corrected chi connectivity index (χ3v) is 6.67. The zero-order valence-electron chi connectivity index (χ0n) is 16.7. The number of nitrogens with one attached hydrogen (secondary N) is 1. The Morgan fingerprint density at radius 2 is 1.90 bits per heavy atom. The summed E-state index contributed by atoms with van der Waals surface area (Å²) in [6.07, 6.45) is 6.17. The van der Waals surface area contributed by atoms with Crippen molar-refractivity contribution in [3.05, 3.63) is 48.2 Å². The summed E-state index contributed by atoms with van der Waals surface area (Å²) in [5, 5.41) is 28.6. The average molecular weight is 393 g/mol. The van der Waals surface area contributed by atoms with Crippen LogP contribution in [0.3, 0.4) is 0 Å². The number of rotatable bonds is 4. The number of aliphatic hydroxyl groups is 2. The van der Waals surface area contributed by atoms with Crippen molar-refractivity contribution in [1.82, 2.24) is 14.6 Å². The van der Waals surface area contributed by atoms with Crippen LogP contribution >= 0.6 is 0 Å². The van der Waals surface area contributed by atoms with Crippen molar-refractivity contribution < 1.29 is 10.2 Å². The Labute approximate surface area is 170 Å². The third-order valence-electron chi connectivity index (χ3n) is 6.67. The van der Waals surface area contributed by atoms with Crippen molar-refractivity contribution in [1.29, 1.82) is 0 Å². The Kier molecular flexibility index (Phi) is 4.76. The first kappa shape index (κ1) is 18.6. The highest BCUT2D eigenvalue weighted by Gasteiger charge is 2.39. The quantitative estimate of drug-likeness (QED) is 0.632. The minimum atomic E-state index is -0.786. The second kappa shape index (κ2) is 7.43. The van der Waals surface area contributed by atoms with Crippen LogP contribution < -0.4 is 5.32 Å². The van der Waals surface area contributed by atoms with Gasteiger partial charge in [-0.2, -0.15) is 9.61 Å². The van der Waals surface area contributed by atoms with Gasteiger partial charge in [0, 0.05) is 17.8 Å². The Balaban J connectivity index is 1.45. The van der Waals surface area contributed by atoms with Gasteiger partial charge in [0.1, 0.15) is 11.9 Å². The molecule has 2 heterocycles. The maximum Gasteiger partial charge on any atom is 0.157 e. The summed E-state index contributed by atoms with van der Waals surface area (Å²) < 4.78 is 1.79. The van der Waals surface area contributed by atoms with E-state index in [1.165, 1.54) is 31.2 Å². The molecule has 6 heteroatoms. The van der Waals surface area contributed by atoms with Crippen LogP contribution in [0.25, 0.3) is 16.9 Å². The van der Waals surface area contributed by atoms with Crippen LogP contribution in [0.5, 0.6) is 0 Å². The number of fused-ring (bicyclic) bond motifs is 1. The number of hydrogen-bond donors (Lipinski definition) is 3. The molecule has 0 saturated heterocycles. The molecule has 3 N–H and O–H groups in total. The standard InChI is InChI=1S/C23H28N4O2/c1-14-11-19(23(29)22(14)28)25-20-9-10-24-21-13-18(26-27(20)21)17-8-4-7-16(12-17)15-5-2-3-6-15/h4,7-10,12-15,19,22-23,25,28-29H,2-3,5-6,11H2,1H3/t14-,19-,22-,23+/m1/s1. The van der Waals surface area contributed by atoms with E-state index in [2.05, 4.69) is 34.6 Å². The summed E-state index contributed by atoms with van der Waals surface area (Å²) in [6.45, 7) is 1.96. The van der Waals surface area contributed by atoms with Gasteiger partial charge in [0.2, 0.25) is 0 Å². The van der Waals surface area contributed by atoms with Crippen molar-refractivity contribution in [3.8, 4) is 11.3 Å². The SMILES string of the molecule is C[C@@H]1C[C@@H](Nc2ccnc3cc(-c4cccc(C5CCCC5)c4)nn23)[C@H](O)[C@@H]1O. The Morgan fingerprint density at radius 3 is 2.66 bits per heavy atom. The number of aromatic nitrogens is 3. The largest absolute Gasteiger partial charge is 0.390 e. The molecule has 2 aromatic heterocycles. The fraction of sp³-hybridized carbons (Fsp3) is 0.478. The summed E-state index contributed by atoms with van der Waals surface area (Å²) >= 11 is 0. The number of hydrogen-bond acceptors (Lipinski definition) is 5. The van der Waals surface area contributed by atoms with Gasteiger partial charge in [-0.3, -0.25) is 0 Å². The van der Waals surface area contributed by atoms with Crippen molar-refractivity contribution in [2.24, 2.45) is 5.92 Å². The number of aliphatic hydroxyl groups excluding tert-OH is 2. The third kappa shape index (κ3) is 3.40. The molecule has 2 fully saturated rings. The van der Waals surface area contributed by atoms with Gasteiger partial charge in [0.15, 0.2) is 5.65 Å². The lowest BCUT2D eigenvalue weighted by molar-refractivity contribution is 0.0210. The smallest absolute Gasteiger partial charge is 0.157 e. The molecule has 3 aromatic rings. The van der Waals surface area contributed by atoms with Gasteiger partial charge >= 0.3 is 0 Å². The Bertz CT molecular complexity index is 1010. The van der Waals surface area contributed by atoms with Crippen LogP contribution in [0.4, 0.5) is 5.82 Å². The minimum absolute atomic E-state index is 0.0614. The van der Waals surface area contributed by atoms with Crippen LogP contribution in [-0.2, 0) is 0 Å². The monoisotopic (exact) mass is 392 g/mol. The van der Waals surface area contributed by atoms with E-state index in [1.54, 1.807) is 10.7 Å². The highest BCUT2D eigenvalue weighted by atomic mass is 16.3. The van der Waals surface area contributed by atoms with Crippen molar-refractivity contribution >= 4 is 11.5 Å². The molecule has 6 nitrogen and oxygen atoms in total. The normalized spacial score (nSPS) is 27.7. The average Bonchev–Trinajstić information content (AvgIpc) is 3.46. The highest BCUT2D eigenvalue weighted by molar-refractivity contribution is 5.66. The zero-order valence-corrected chi connectivity index (χ0v) is 16.7. The summed E-state index contributed by atoms with van der Waals surface area (Å²) in [5.41, 5.74) is 4.17. The molecule has 0 bridgehead atoms. The Morgan fingerprint density at radius 1 is 1.07 bits per heavy atom. The molecule has 1 aromatic carbocycles. The summed E-state index contributed by atoms with van der Waals surface area (Å²) in [4.78, 5) is 4.46. The van der Waals surface area contributed by atoms with Crippen molar-refractivity contribution in [2.45, 2.75) is 63.2 Å². The predicted octanol–water partition coefficient (Wildman–Crippen LogP) is 3.60.